The number of aliphatic hydroxyl groups excluding tert-OH is 1. The Kier molecular flexibility index (Phi) is 4.12. The van der Waals surface area contributed by atoms with Crippen LogP contribution in [0.25, 0.3) is 0 Å². The maximum atomic E-state index is 13.6. The van der Waals surface area contributed by atoms with Crippen molar-refractivity contribution >= 4 is 17.5 Å². The van der Waals surface area contributed by atoms with Crippen molar-refractivity contribution in [1.82, 2.24) is 4.90 Å². The maximum Gasteiger partial charge on any atom is 0.400 e. The summed E-state index contributed by atoms with van der Waals surface area (Å²) in [4.78, 5) is 14.4. The average Bonchev–Trinajstić information content (AvgIpc) is 3.29. The van der Waals surface area contributed by atoms with Gasteiger partial charge in [0.15, 0.2) is 0 Å². The van der Waals surface area contributed by atoms with Gasteiger partial charge in [0.1, 0.15) is 5.41 Å². The SMILES string of the molecule is C[C@@H](C1CC1)N1Cc2cc(Cl)cc(C(C)(CO)C(F)(F)F)c2C1=O. The van der Waals surface area contributed by atoms with Crippen molar-refractivity contribution < 1.29 is 23.1 Å². The molecule has 0 bridgehead atoms. The molecule has 1 aromatic rings. The molecular formula is C17H19ClF3NO2. The molecule has 1 unspecified atom stereocenters. The highest BCUT2D eigenvalue weighted by molar-refractivity contribution is 6.31. The minimum absolute atomic E-state index is 0.0113. The molecule has 3 rings (SSSR count). The highest BCUT2D eigenvalue weighted by Crippen LogP contribution is 2.46. The molecule has 0 spiro atoms. The quantitative estimate of drug-likeness (QED) is 0.883. The summed E-state index contributed by atoms with van der Waals surface area (Å²) in [6.07, 6.45) is -2.63. The van der Waals surface area contributed by atoms with E-state index in [0.29, 0.717) is 11.5 Å². The predicted octanol–water partition coefficient (Wildman–Crippen LogP) is 3.91. The van der Waals surface area contributed by atoms with Crippen molar-refractivity contribution in [3.63, 3.8) is 0 Å². The lowest BCUT2D eigenvalue weighted by atomic mass is 9.79. The van der Waals surface area contributed by atoms with Gasteiger partial charge in [0.05, 0.1) is 6.61 Å². The number of aliphatic hydroxyl groups is 1. The van der Waals surface area contributed by atoms with E-state index in [1.54, 1.807) is 11.0 Å². The van der Waals surface area contributed by atoms with E-state index in [-0.39, 0.29) is 28.7 Å². The molecular weight excluding hydrogens is 343 g/mol. The van der Waals surface area contributed by atoms with E-state index in [1.165, 1.54) is 0 Å². The Morgan fingerprint density at radius 1 is 1.38 bits per heavy atom. The minimum atomic E-state index is -4.70. The first-order valence-corrected chi connectivity index (χ1v) is 8.29. The number of carbonyl (C=O) groups is 1. The highest BCUT2D eigenvalue weighted by atomic mass is 35.5. The molecule has 2 atom stereocenters. The molecule has 0 saturated heterocycles. The lowest BCUT2D eigenvalue weighted by Gasteiger charge is -2.32. The number of hydrogen-bond donors (Lipinski definition) is 1. The summed E-state index contributed by atoms with van der Waals surface area (Å²) < 4.78 is 40.8. The number of nitrogens with zero attached hydrogens (tertiary/aromatic N) is 1. The number of benzene rings is 1. The van der Waals surface area contributed by atoms with Crippen LogP contribution >= 0.6 is 11.6 Å². The predicted molar refractivity (Wildman–Crippen MR) is 84.0 cm³/mol. The van der Waals surface area contributed by atoms with Crippen molar-refractivity contribution in [2.75, 3.05) is 6.61 Å². The lowest BCUT2D eigenvalue weighted by molar-refractivity contribution is -0.195. The van der Waals surface area contributed by atoms with Gasteiger partial charge < -0.3 is 10.0 Å². The number of rotatable bonds is 4. The van der Waals surface area contributed by atoms with Gasteiger partial charge in [0.25, 0.3) is 5.91 Å². The van der Waals surface area contributed by atoms with E-state index in [9.17, 15) is 23.1 Å². The van der Waals surface area contributed by atoms with Crippen molar-refractivity contribution in [3.05, 3.63) is 33.8 Å². The Labute approximate surface area is 143 Å². The summed E-state index contributed by atoms with van der Waals surface area (Å²) in [5, 5.41) is 9.61. The lowest BCUT2D eigenvalue weighted by Crippen LogP contribution is -2.44. The molecule has 1 aliphatic heterocycles. The van der Waals surface area contributed by atoms with Crippen molar-refractivity contribution in [3.8, 4) is 0 Å². The Morgan fingerprint density at radius 3 is 2.50 bits per heavy atom. The van der Waals surface area contributed by atoms with Gasteiger partial charge in [-0.2, -0.15) is 13.2 Å². The van der Waals surface area contributed by atoms with Gasteiger partial charge in [-0.1, -0.05) is 11.6 Å². The zero-order valence-electron chi connectivity index (χ0n) is 13.5. The summed E-state index contributed by atoms with van der Waals surface area (Å²) >= 11 is 6.01. The molecule has 1 saturated carbocycles. The third kappa shape index (κ3) is 2.60. The fraction of sp³-hybridized carbons (Fsp3) is 0.588. The van der Waals surface area contributed by atoms with Crippen molar-refractivity contribution in [1.29, 1.82) is 0 Å². The summed E-state index contributed by atoms with van der Waals surface area (Å²) in [7, 11) is 0. The summed E-state index contributed by atoms with van der Waals surface area (Å²) in [5.41, 5.74) is -2.23. The number of fused-ring (bicyclic) bond motifs is 1. The molecule has 1 fully saturated rings. The van der Waals surface area contributed by atoms with Gasteiger partial charge in [-0.25, -0.2) is 0 Å². The molecule has 1 N–H and O–H groups in total. The van der Waals surface area contributed by atoms with Crippen LogP contribution in [-0.2, 0) is 12.0 Å². The second-order valence-electron chi connectivity index (χ2n) is 6.99. The Bertz CT molecular complexity index is 687. The molecule has 1 aliphatic carbocycles. The van der Waals surface area contributed by atoms with Gasteiger partial charge >= 0.3 is 6.18 Å². The molecule has 1 aromatic carbocycles. The topological polar surface area (TPSA) is 40.5 Å². The van der Waals surface area contributed by atoms with Gasteiger partial charge in [-0.3, -0.25) is 4.79 Å². The maximum absolute atomic E-state index is 13.6. The Balaban J connectivity index is 2.11. The van der Waals surface area contributed by atoms with Crippen LogP contribution < -0.4 is 0 Å². The number of halogens is 4. The molecule has 2 aliphatic rings. The van der Waals surface area contributed by atoms with Gasteiger partial charge in [0, 0.05) is 23.2 Å². The fourth-order valence-electron chi connectivity index (χ4n) is 3.36. The largest absolute Gasteiger partial charge is 0.400 e. The molecule has 1 heterocycles. The van der Waals surface area contributed by atoms with Gasteiger partial charge in [-0.05, 0) is 55.9 Å². The smallest absolute Gasteiger partial charge is 0.395 e. The minimum Gasteiger partial charge on any atom is -0.395 e. The Hall–Kier alpha value is -1.27. The third-order valence-electron chi connectivity index (χ3n) is 5.33. The molecule has 132 valence electrons. The van der Waals surface area contributed by atoms with E-state index in [2.05, 4.69) is 0 Å². The summed E-state index contributed by atoms with van der Waals surface area (Å²) in [6, 6.07) is 2.70. The normalized spacial score (nSPS) is 21.6. The van der Waals surface area contributed by atoms with Gasteiger partial charge in [-0.15, -0.1) is 0 Å². The number of amides is 1. The fourth-order valence-corrected chi connectivity index (χ4v) is 3.61. The summed E-state index contributed by atoms with van der Waals surface area (Å²) in [6.45, 7) is 1.95. The van der Waals surface area contributed by atoms with Crippen molar-refractivity contribution in [2.24, 2.45) is 5.92 Å². The van der Waals surface area contributed by atoms with Crippen LogP contribution in [0.5, 0.6) is 0 Å². The second-order valence-corrected chi connectivity index (χ2v) is 7.42. The number of carbonyl (C=O) groups excluding carboxylic acids is 1. The van der Waals surface area contributed by atoms with E-state index in [1.807, 2.05) is 6.92 Å². The first-order chi connectivity index (χ1) is 11.1. The monoisotopic (exact) mass is 361 g/mol. The van der Waals surface area contributed by atoms with Crippen LogP contribution in [0.3, 0.4) is 0 Å². The van der Waals surface area contributed by atoms with E-state index in [4.69, 9.17) is 11.6 Å². The standard InChI is InChI=1S/C17H19ClF3NO2/c1-9(10-3-4-10)22-7-11-5-12(18)6-13(14(11)15(22)24)16(2,8-23)17(19,20)21/h5-6,9-10,23H,3-4,7-8H2,1-2H3/t9-,16?/m0/s1. The molecule has 1 amide bonds. The second kappa shape index (κ2) is 5.63. The van der Waals surface area contributed by atoms with Crippen LogP contribution in [0, 0.1) is 5.92 Å². The van der Waals surface area contributed by atoms with Crippen LogP contribution in [0.2, 0.25) is 5.02 Å². The average molecular weight is 362 g/mol. The van der Waals surface area contributed by atoms with Crippen LogP contribution in [-0.4, -0.2) is 34.7 Å². The van der Waals surface area contributed by atoms with Crippen LogP contribution in [0.15, 0.2) is 12.1 Å². The number of alkyl halides is 3. The molecule has 7 heteroatoms. The zero-order chi connectivity index (χ0) is 17.9. The first kappa shape index (κ1) is 17.5. The van der Waals surface area contributed by atoms with Gasteiger partial charge in [0.2, 0.25) is 0 Å². The molecule has 3 nitrogen and oxygen atoms in total. The molecule has 24 heavy (non-hydrogen) atoms. The summed E-state index contributed by atoms with van der Waals surface area (Å²) in [5.74, 6) is 0.00835. The third-order valence-corrected chi connectivity index (χ3v) is 5.55. The van der Waals surface area contributed by atoms with E-state index in [0.717, 1.165) is 25.8 Å². The van der Waals surface area contributed by atoms with Crippen LogP contribution in [0.4, 0.5) is 13.2 Å². The highest BCUT2D eigenvalue weighted by Gasteiger charge is 2.55. The van der Waals surface area contributed by atoms with Crippen LogP contribution in [0.1, 0.15) is 48.2 Å². The van der Waals surface area contributed by atoms with E-state index >= 15 is 0 Å². The Morgan fingerprint density at radius 2 is 2.00 bits per heavy atom. The molecule has 0 radical (unpaired) electrons. The van der Waals surface area contributed by atoms with E-state index < -0.39 is 24.1 Å². The molecule has 0 aromatic heterocycles. The van der Waals surface area contributed by atoms with Crippen molar-refractivity contribution in [2.45, 2.75) is 50.9 Å². The zero-order valence-corrected chi connectivity index (χ0v) is 14.2. The number of hydrogen-bond acceptors (Lipinski definition) is 2. The first-order valence-electron chi connectivity index (χ1n) is 7.91.